The van der Waals surface area contributed by atoms with Crippen molar-refractivity contribution in [2.75, 3.05) is 23.8 Å². The minimum absolute atomic E-state index is 0.0205. The number of aromatic amines is 1. The number of fused-ring (bicyclic) bond motifs is 1. The van der Waals surface area contributed by atoms with Crippen LogP contribution in [0.1, 0.15) is 21.6 Å². The molecule has 1 amide bonds. The molecular formula is C28H20F4N6O5. The third kappa shape index (κ3) is 5.05. The number of hydrogen-bond donors (Lipinski definition) is 2. The van der Waals surface area contributed by atoms with E-state index in [1.807, 2.05) is 0 Å². The molecular weight excluding hydrogens is 576 g/mol. The maximum absolute atomic E-state index is 14.0. The van der Waals surface area contributed by atoms with Gasteiger partial charge in [-0.05, 0) is 42.8 Å². The summed E-state index contributed by atoms with van der Waals surface area (Å²) in [7, 11) is 0. The van der Waals surface area contributed by atoms with Crippen molar-refractivity contribution in [2.24, 2.45) is 0 Å². The van der Waals surface area contributed by atoms with E-state index in [4.69, 9.17) is 15.2 Å². The molecule has 0 saturated carbocycles. The molecule has 11 nitrogen and oxygen atoms in total. The predicted molar refractivity (Wildman–Crippen MR) is 144 cm³/mol. The number of alkyl halides is 2. The third-order valence-electron chi connectivity index (χ3n) is 6.68. The van der Waals surface area contributed by atoms with Crippen LogP contribution in [-0.4, -0.2) is 51.4 Å². The second-order valence-electron chi connectivity index (χ2n) is 9.38. The molecule has 4 heterocycles. The lowest BCUT2D eigenvalue weighted by Crippen LogP contribution is -2.24. The standard InChI is InChI=1S/C28H20F4N6O5/c1-13-7-23(43-25-16(29)3-2-4-17(25)30)34-12-21(13)38-26(33)15(11-35-38)24(39)19-8-14-9-22(42-27(31)32)20(10-18(14)36-19)37-5-6-41-28(37)40/h2-4,7-12,27,36H,5-6,33H2,1H3. The van der Waals surface area contributed by atoms with Crippen molar-refractivity contribution >= 4 is 34.3 Å². The van der Waals surface area contributed by atoms with Crippen LogP contribution in [0.2, 0.25) is 0 Å². The van der Waals surface area contributed by atoms with Crippen LogP contribution in [0.5, 0.6) is 17.4 Å². The molecule has 0 bridgehead atoms. The number of nitrogens with two attached hydrogens (primary N) is 1. The molecule has 6 rings (SSSR count). The highest BCUT2D eigenvalue weighted by atomic mass is 19.3. The van der Waals surface area contributed by atoms with Crippen LogP contribution < -0.4 is 20.1 Å². The Morgan fingerprint density at radius 3 is 2.56 bits per heavy atom. The van der Waals surface area contributed by atoms with Gasteiger partial charge < -0.3 is 24.9 Å². The Morgan fingerprint density at radius 1 is 1.12 bits per heavy atom. The number of aromatic nitrogens is 4. The quantitative estimate of drug-likeness (QED) is 0.177. The Morgan fingerprint density at radius 2 is 1.88 bits per heavy atom. The summed E-state index contributed by atoms with van der Waals surface area (Å²) in [6.07, 6.45) is 1.85. The lowest BCUT2D eigenvalue weighted by Gasteiger charge is -2.17. The SMILES string of the molecule is Cc1cc(Oc2c(F)cccc2F)ncc1-n1ncc(C(=O)c2cc3cc(OC(F)F)c(N4CCOC4=O)cc3[nH]2)c1N. The number of halogens is 4. The van der Waals surface area contributed by atoms with E-state index in [9.17, 15) is 27.2 Å². The summed E-state index contributed by atoms with van der Waals surface area (Å²) in [5, 5.41) is 4.57. The lowest BCUT2D eigenvalue weighted by molar-refractivity contribution is -0.0494. The Hall–Kier alpha value is -5.60. The molecule has 2 aromatic carbocycles. The number of ether oxygens (including phenoxy) is 3. The molecule has 3 aromatic heterocycles. The minimum Gasteiger partial charge on any atom is -0.447 e. The fourth-order valence-electron chi connectivity index (χ4n) is 4.64. The summed E-state index contributed by atoms with van der Waals surface area (Å²) < 4.78 is 70.3. The normalized spacial score (nSPS) is 13.2. The van der Waals surface area contributed by atoms with Crippen molar-refractivity contribution in [2.45, 2.75) is 13.5 Å². The van der Waals surface area contributed by atoms with Gasteiger partial charge in [0, 0.05) is 17.0 Å². The highest BCUT2D eigenvalue weighted by molar-refractivity contribution is 6.13. The number of H-pyrrole nitrogens is 1. The van der Waals surface area contributed by atoms with E-state index in [0.717, 1.165) is 17.0 Å². The number of aryl methyl sites for hydroxylation is 1. The first-order valence-electron chi connectivity index (χ1n) is 12.6. The summed E-state index contributed by atoms with van der Waals surface area (Å²) in [6, 6.07) is 8.86. The van der Waals surface area contributed by atoms with Crippen molar-refractivity contribution in [1.29, 1.82) is 0 Å². The van der Waals surface area contributed by atoms with E-state index in [1.165, 1.54) is 47.4 Å². The zero-order valence-electron chi connectivity index (χ0n) is 22.1. The summed E-state index contributed by atoms with van der Waals surface area (Å²) >= 11 is 0. The van der Waals surface area contributed by atoms with Crippen LogP contribution >= 0.6 is 0 Å². The van der Waals surface area contributed by atoms with Gasteiger partial charge in [0.25, 0.3) is 0 Å². The number of pyridine rings is 1. The molecule has 5 aromatic rings. The molecule has 0 atom stereocenters. The van der Waals surface area contributed by atoms with E-state index in [2.05, 4.69) is 19.8 Å². The second kappa shape index (κ2) is 10.7. The molecule has 43 heavy (non-hydrogen) atoms. The number of cyclic esters (lactones) is 1. The van der Waals surface area contributed by atoms with E-state index < -0.39 is 35.9 Å². The number of anilines is 2. The van der Waals surface area contributed by atoms with Crippen LogP contribution in [0, 0.1) is 18.6 Å². The average Bonchev–Trinajstić information content (AvgIpc) is 3.68. The van der Waals surface area contributed by atoms with Crippen molar-refractivity contribution < 1.29 is 41.4 Å². The van der Waals surface area contributed by atoms with Gasteiger partial charge in [0.1, 0.15) is 12.4 Å². The van der Waals surface area contributed by atoms with Gasteiger partial charge in [-0.25, -0.2) is 23.2 Å². The third-order valence-corrected chi connectivity index (χ3v) is 6.68. The van der Waals surface area contributed by atoms with Gasteiger partial charge in [-0.3, -0.25) is 9.69 Å². The maximum atomic E-state index is 14.0. The first kappa shape index (κ1) is 27.6. The summed E-state index contributed by atoms with van der Waals surface area (Å²) in [5.74, 6) is -3.34. The average molecular weight is 596 g/mol. The van der Waals surface area contributed by atoms with Gasteiger partial charge in [0.2, 0.25) is 17.4 Å². The number of nitrogens with one attached hydrogen (secondary N) is 1. The van der Waals surface area contributed by atoms with E-state index in [0.29, 0.717) is 22.2 Å². The van der Waals surface area contributed by atoms with Crippen molar-refractivity contribution in [1.82, 2.24) is 19.7 Å². The Kier molecular flexibility index (Phi) is 6.84. The first-order chi connectivity index (χ1) is 20.6. The highest BCUT2D eigenvalue weighted by Gasteiger charge is 2.29. The number of ketones is 1. The predicted octanol–water partition coefficient (Wildman–Crippen LogP) is 5.50. The molecule has 3 N–H and O–H groups in total. The van der Waals surface area contributed by atoms with Crippen molar-refractivity contribution in [3.8, 4) is 23.1 Å². The molecule has 220 valence electrons. The van der Waals surface area contributed by atoms with Gasteiger partial charge in [-0.1, -0.05) is 6.07 Å². The molecule has 1 aliphatic heterocycles. The zero-order chi connectivity index (χ0) is 30.4. The van der Waals surface area contributed by atoms with Crippen LogP contribution in [0.3, 0.4) is 0 Å². The molecule has 0 aliphatic carbocycles. The molecule has 15 heteroatoms. The lowest BCUT2D eigenvalue weighted by atomic mass is 10.1. The van der Waals surface area contributed by atoms with Crippen LogP contribution in [0.15, 0.2) is 54.9 Å². The number of nitrogen functional groups attached to an aromatic ring is 1. The maximum Gasteiger partial charge on any atom is 0.414 e. The fraction of sp³-hybridized carbons (Fsp3) is 0.143. The monoisotopic (exact) mass is 596 g/mol. The molecule has 1 aliphatic rings. The number of hydrogen-bond acceptors (Lipinski definition) is 8. The first-order valence-corrected chi connectivity index (χ1v) is 12.6. The summed E-state index contributed by atoms with van der Waals surface area (Å²) in [5.41, 5.74) is 7.67. The smallest absolute Gasteiger partial charge is 0.414 e. The molecule has 0 unspecified atom stereocenters. The second-order valence-corrected chi connectivity index (χ2v) is 9.38. The van der Waals surface area contributed by atoms with Gasteiger partial charge in [-0.15, -0.1) is 0 Å². The molecule has 1 saturated heterocycles. The van der Waals surface area contributed by atoms with Gasteiger partial charge in [-0.2, -0.15) is 13.9 Å². The largest absolute Gasteiger partial charge is 0.447 e. The molecule has 0 spiro atoms. The number of rotatable bonds is 8. The Labute approximate surface area is 239 Å². The van der Waals surface area contributed by atoms with Gasteiger partial charge in [0.15, 0.2) is 17.4 Å². The number of carbonyl (C=O) groups excluding carboxylic acids is 2. The van der Waals surface area contributed by atoms with Crippen LogP contribution in [0.4, 0.5) is 33.9 Å². The Balaban J connectivity index is 1.30. The van der Waals surface area contributed by atoms with Crippen molar-refractivity contribution in [3.63, 3.8) is 0 Å². The van der Waals surface area contributed by atoms with E-state index in [1.54, 1.807) is 6.92 Å². The van der Waals surface area contributed by atoms with E-state index in [-0.39, 0.29) is 47.5 Å². The number of nitrogens with zero attached hydrogens (tertiary/aromatic N) is 4. The molecule has 0 radical (unpaired) electrons. The minimum atomic E-state index is -3.15. The van der Waals surface area contributed by atoms with Crippen molar-refractivity contribution in [3.05, 3.63) is 83.3 Å². The number of amides is 1. The summed E-state index contributed by atoms with van der Waals surface area (Å²) in [4.78, 5) is 33.7. The fourth-order valence-corrected chi connectivity index (χ4v) is 4.64. The highest BCUT2D eigenvalue weighted by Crippen LogP contribution is 2.37. The van der Waals surface area contributed by atoms with Gasteiger partial charge in [0.05, 0.1) is 41.6 Å². The number of carbonyl (C=O) groups is 2. The number of para-hydroxylation sites is 1. The molecule has 1 fully saturated rings. The number of benzene rings is 2. The van der Waals surface area contributed by atoms with E-state index >= 15 is 0 Å². The van der Waals surface area contributed by atoms with Gasteiger partial charge >= 0.3 is 12.7 Å². The Bertz CT molecular complexity index is 1890. The zero-order valence-corrected chi connectivity index (χ0v) is 22.1. The summed E-state index contributed by atoms with van der Waals surface area (Å²) in [6.45, 7) is -1.28. The van der Waals surface area contributed by atoms with Crippen LogP contribution in [0.25, 0.3) is 16.6 Å². The topological polar surface area (TPSA) is 138 Å². The van der Waals surface area contributed by atoms with Crippen LogP contribution in [-0.2, 0) is 4.74 Å².